The first-order valence-electron chi connectivity index (χ1n) is 9.78. The maximum atomic E-state index is 13.2. The molecule has 1 amide bonds. The molecule has 2 N–H and O–H groups in total. The third-order valence-electron chi connectivity index (χ3n) is 4.46. The molecule has 0 saturated heterocycles. The molecule has 4 aromatic rings. The van der Waals surface area contributed by atoms with E-state index in [1.54, 1.807) is 17.0 Å². The van der Waals surface area contributed by atoms with Crippen molar-refractivity contribution in [1.82, 2.24) is 30.0 Å². The zero-order chi connectivity index (χ0) is 22.5. The third-order valence-corrected chi connectivity index (χ3v) is 6.25. The first-order chi connectivity index (χ1) is 15.5. The Morgan fingerprint density at radius 1 is 1.22 bits per heavy atom. The molecule has 32 heavy (non-hydrogen) atoms. The molecular weight excluding hydrogens is 453 g/mol. The second kappa shape index (κ2) is 9.92. The van der Waals surface area contributed by atoms with Crippen LogP contribution in [0.4, 0.5) is 4.39 Å². The van der Waals surface area contributed by atoms with E-state index < -0.39 is 0 Å². The standard InChI is InChI=1S/C20H20FN7O2S2/c1-2-9-27(11-16-23-25-19(30-16)15-4-3-10-31-15)17(29)12-32-20-26-24-18(28(20)22)13-5-7-14(21)8-6-13/h3-8,10H,2,9,11-12,22H2,1H3. The zero-order valence-electron chi connectivity index (χ0n) is 17.1. The van der Waals surface area contributed by atoms with Crippen LogP contribution in [0.2, 0.25) is 0 Å². The van der Waals surface area contributed by atoms with Gasteiger partial charge in [0.15, 0.2) is 5.82 Å². The van der Waals surface area contributed by atoms with Gasteiger partial charge in [-0.3, -0.25) is 4.79 Å². The van der Waals surface area contributed by atoms with E-state index in [1.807, 2.05) is 24.4 Å². The molecule has 0 fully saturated rings. The molecule has 0 unspecified atom stereocenters. The van der Waals surface area contributed by atoms with Crippen LogP contribution in [-0.4, -0.2) is 48.2 Å². The third kappa shape index (κ3) is 4.97. The van der Waals surface area contributed by atoms with E-state index in [2.05, 4.69) is 20.4 Å². The fraction of sp³-hybridized carbons (Fsp3) is 0.250. The highest BCUT2D eigenvalue weighted by atomic mass is 32.2. The number of thiophene rings is 1. The van der Waals surface area contributed by atoms with Gasteiger partial charge < -0.3 is 15.2 Å². The van der Waals surface area contributed by atoms with Gasteiger partial charge >= 0.3 is 0 Å². The van der Waals surface area contributed by atoms with Crippen molar-refractivity contribution in [2.24, 2.45) is 0 Å². The van der Waals surface area contributed by atoms with Gasteiger partial charge in [-0.25, -0.2) is 9.07 Å². The highest BCUT2D eigenvalue weighted by Gasteiger charge is 2.20. The lowest BCUT2D eigenvalue weighted by atomic mass is 10.2. The molecule has 0 aliphatic carbocycles. The maximum absolute atomic E-state index is 13.2. The van der Waals surface area contributed by atoms with Crippen LogP contribution in [0, 0.1) is 5.82 Å². The molecular formula is C20H20FN7O2S2. The van der Waals surface area contributed by atoms with Crippen LogP contribution in [0.5, 0.6) is 0 Å². The van der Waals surface area contributed by atoms with Crippen molar-refractivity contribution in [1.29, 1.82) is 0 Å². The number of nitrogens with zero attached hydrogens (tertiary/aromatic N) is 6. The van der Waals surface area contributed by atoms with Gasteiger partial charge in [0.1, 0.15) is 5.82 Å². The van der Waals surface area contributed by atoms with Crippen molar-refractivity contribution in [2.45, 2.75) is 25.0 Å². The Balaban J connectivity index is 1.40. The molecule has 3 heterocycles. The van der Waals surface area contributed by atoms with E-state index in [0.29, 0.717) is 34.9 Å². The summed E-state index contributed by atoms with van der Waals surface area (Å²) in [7, 11) is 0. The normalized spacial score (nSPS) is 11.1. The molecule has 4 rings (SSSR count). The Hall–Kier alpha value is -3.25. The van der Waals surface area contributed by atoms with Gasteiger partial charge in [0.2, 0.25) is 17.0 Å². The molecule has 0 radical (unpaired) electrons. The predicted octanol–water partition coefficient (Wildman–Crippen LogP) is 3.44. The molecule has 1 aromatic carbocycles. The Kier molecular flexibility index (Phi) is 6.81. The monoisotopic (exact) mass is 473 g/mol. The van der Waals surface area contributed by atoms with Crippen molar-refractivity contribution >= 4 is 29.0 Å². The fourth-order valence-corrected chi connectivity index (χ4v) is 4.33. The summed E-state index contributed by atoms with van der Waals surface area (Å²) < 4.78 is 20.2. The maximum Gasteiger partial charge on any atom is 0.257 e. The van der Waals surface area contributed by atoms with Crippen LogP contribution in [0.1, 0.15) is 19.2 Å². The van der Waals surface area contributed by atoms with Gasteiger partial charge in [0.25, 0.3) is 5.89 Å². The number of carbonyl (C=O) groups is 1. The highest BCUT2D eigenvalue weighted by molar-refractivity contribution is 7.99. The molecule has 0 aliphatic heterocycles. The van der Waals surface area contributed by atoms with E-state index in [4.69, 9.17) is 10.3 Å². The summed E-state index contributed by atoms with van der Waals surface area (Å²) in [5, 5.41) is 18.6. The molecule has 166 valence electrons. The number of aromatic nitrogens is 5. The van der Waals surface area contributed by atoms with E-state index >= 15 is 0 Å². The molecule has 0 bridgehead atoms. The molecule has 3 aromatic heterocycles. The van der Waals surface area contributed by atoms with Crippen molar-refractivity contribution in [3.8, 4) is 22.2 Å². The van der Waals surface area contributed by atoms with Crippen molar-refractivity contribution in [3.05, 3.63) is 53.5 Å². The Bertz CT molecular complexity index is 1180. The average Bonchev–Trinajstić information content (AvgIpc) is 3.54. The number of nitrogens with two attached hydrogens (primary N) is 1. The second-order valence-corrected chi connectivity index (χ2v) is 8.66. The summed E-state index contributed by atoms with van der Waals surface area (Å²) in [5.41, 5.74) is 0.630. The molecule has 12 heteroatoms. The summed E-state index contributed by atoms with van der Waals surface area (Å²) in [6, 6.07) is 9.59. The highest BCUT2D eigenvalue weighted by Crippen LogP contribution is 2.24. The number of halogens is 1. The van der Waals surface area contributed by atoms with Crippen LogP contribution in [0.15, 0.2) is 51.4 Å². The molecule has 0 saturated carbocycles. The second-order valence-electron chi connectivity index (χ2n) is 6.77. The topological polar surface area (TPSA) is 116 Å². The minimum absolute atomic E-state index is 0.112. The number of carbonyl (C=O) groups excluding carboxylic acids is 1. The molecule has 9 nitrogen and oxygen atoms in total. The SMILES string of the molecule is CCCN(Cc1nnc(-c2cccs2)o1)C(=O)CSc1nnc(-c2ccc(F)cc2)n1N. The van der Waals surface area contributed by atoms with Gasteiger partial charge in [-0.15, -0.1) is 31.7 Å². The smallest absolute Gasteiger partial charge is 0.257 e. The van der Waals surface area contributed by atoms with Crippen molar-refractivity contribution < 1.29 is 13.6 Å². The van der Waals surface area contributed by atoms with Crippen LogP contribution in [0.25, 0.3) is 22.2 Å². The van der Waals surface area contributed by atoms with Crippen molar-refractivity contribution in [2.75, 3.05) is 18.1 Å². The van der Waals surface area contributed by atoms with E-state index in [9.17, 15) is 9.18 Å². The van der Waals surface area contributed by atoms with Crippen LogP contribution < -0.4 is 5.84 Å². The number of hydrogen-bond donors (Lipinski definition) is 1. The van der Waals surface area contributed by atoms with Gasteiger partial charge in [0.05, 0.1) is 17.2 Å². The average molecular weight is 474 g/mol. The number of thioether (sulfide) groups is 1. The Morgan fingerprint density at radius 2 is 2.03 bits per heavy atom. The summed E-state index contributed by atoms with van der Waals surface area (Å²) in [5.74, 6) is 6.95. The summed E-state index contributed by atoms with van der Waals surface area (Å²) in [4.78, 5) is 15.4. The quantitative estimate of drug-likeness (QED) is 0.290. The van der Waals surface area contributed by atoms with E-state index in [1.165, 1.54) is 39.9 Å². The Morgan fingerprint density at radius 3 is 2.75 bits per heavy atom. The minimum Gasteiger partial charge on any atom is -0.418 e. The van der Waals surface area contributed by atoms with Crippen LogP contribution in [0.3, 0.4) is 0 Å². The van der Waals surface area contributed by atoms with Crippen molar-refractivity contribution in [3.63, 3.8) is 0 Å². The lowest BCUT2D eigenvalue weighted by Crippen LogP contribution is -2.33. The van der Waals surface area contributed by atoms with E-state index in [0.717, 1.165) is 11.3 Å². The molecule has 0 aliphatic rings. The van der Waals surface area contributed by atoms with Crippen LogP contribution in [-0.2, 0) is 11.3 Å². The Labute approximate surface area is 191 Å². The first-order valence-corrected chi connectivity index (χ1v) is 11.6. The number of hydrogen-bond acceptors (Lipinski definition) is 9. The van der Waals surface area contributed by atoms with Gasteiger partial charge in [-0.1, -0.05) is 24.8 Å². The number of amides is 1. The summed E-state index contributed by atoms with van der Waals surface area (Å²) in [6.07, 6.45) is 0.782. The van der Waals surface area contributed by atoms with Gasteiger partial charge in [-0.05, 0) is 42.1 Å². The number of rotatable bonds is 9. The fourth-order valence-electron chi connectivity index (χ4n) is 2.93. The molecule has 0 atom stereocenters. The lowest BCUT2D eigenvalue weighted by Gasteiger charge is -2.19. The molecule has 0 spiro atoms. The lowest BCUT2D eigenvalue weighted by molar-refractivity contribution is -0.129. The number of benzene rings is 1. The largest absolute Gasteiger partial charge is 0.418 e. The van der Waals surface area contributed by atoms with Crippen LogP contribution >= 0.6 is 23.1 Å². The predicted molar refractivity (Wildman–Crippen MR) is 120 cm³/mol. The zero-order valence-corrected chi connectivity index (χ0v) is 18.8. The summed E-state index contributed by atoms with van der Waals surface area (Å²) >= 11 is 2.68. The minimum atomic E-state index is -0.350. The summed E-state index contributed by atoms with van der Waals surface area (Å²) in [6.45, 7) is 2.76. The number of nitrogen functional groups attached to an aromatic ring is 1. The van der Waals surface area contributed by atoms with E-state index in [-0.39, 0.29) is 24.0 Å². The van der Waals surface area contributed by atoms with Gasteiger partial charge in [-0.2, -0.15) is 0 Å². The first kappa shape index (κ1) is 22.0. The van der Waals surface area contributed by atoms with Gasteiger partial charge in [0, 0.05) is 12.1 Å².